The summed E-state index contributed by atoms with van der Waals surface area (Å²) in [6.07, 6.45) is 3.41. The largest absolute Gasteiger partial charge is 0.492 e. The van der Waals surface area contributed by atoms with Crippen LogP contribution in [0.5, 0.6) is 11.5 Å². The molecule has 46 heavy (non-hydrogen) atoms. The number of ether oxygens (including phenoxy) is 2. The van der Waals surface area contributed by atoms with E-state index in [4.69, 9.17) is 21.1 Å². The van der Waals surface area contributed by atoms with Crippen molar-refractivity contribution in [3.05, 3.63) is 76.8 Å². The number of fused-ring (bicyclic) bond motifs is 1. The minimum Gasteiger partial charge on any atom is -0.492 e. The van der Waals surface area contributed by atoms with Crippen molar-refractivity contribution in [2.45, 2.75) is 50.6 Å². The van der Waals surface area contributed by atoms with Crippen LogP contribution in [0.15, 0.2) is 60.7 Å². The number of nitriles is 1. The SMILES string of the molecule is CCOc1cc2c(cc1NC(=O)CCCN(C)C)C(Nc1ccc(OCC3NCCCC3c3ccccc3)c(Cl)c1)C(C#N)CN2. The van der Waals surface area contributed by atoms with Crippen molar-refractivity contribution in [3.8, 4) is 17.6 Å². The van der Waals surface area contributed by atoms with E-state index in [0.717, 1.165) is 49.3 Å². The Balaban J connectivity index is 1.31. The predicted molar refractivity (Wildman–Crippen MR) is 185 cm³/mol. The Kier molecular flexibility index (Phi) is 11.6. The van der Waals surface area contributed by atoms with Crippen LogP contribution in [0.1, 0.15) is 55.7 Å². The number of carbonyl (C=O) groups excluding carboxylic acids is 1. The zero-order valence-corrected chi connectivity index (χ0v) is 27.7. The highest BCUT2D eigenvalue weighted by atomic mass is 35.5. The lowest BCUT2D eigenvalue weighted by atomic mass is 9.85. The lowest BCUT2D eigenvalue weighted by Gasteiger charge is -2.33. The highest BCUT2D eigenvalue weighted by molar-refractivity contribution is 6.32. The van der Waals surface area contributed by atoms with Gasteiger partial charge in [-0.25, -0.2) is 0 Å². The van der Waals surface area contributed by atoms with Crippen LogP contribution in [0, 0.1) is 17.2 Å². The number of benzene rings is 3. The smallest absolute Gasteiger partial charge is 0.224 e. The van der Waals surface area contributed by atoms with Crippen molar-refractivity contribution in [3.63, 3.8) is 0 Å². The van der Waals surface area contributed by atoms with E-state index in [2.05, 4.69) is 56.5 Å². The Bertz CT molecular complexity index is 1510. The van der Waals surface area contributed by atoms with Crippen LogP contribution in [-0.4, -0.2) is 63.8 Å². The summed E-state index contributed by atoms with van der Waals surface area (Å²) < 4.78 is 12.2. The molecule has 0 bridgehead atoms. The normalized spacial score (nSPS) is 20.6. The Morgan fingerprint density at radius 2 is 1.93 bits per heavy atom. The van der Waals surface area contributed by atoms with E-state index >= 15 is 0 Å². The van der Waals surface area contributed by atoms with E-state index in [1.165, 1.54) is 5.56 Å². The lowest BCUT2D eigenvalue weighted by molar-refractivity contribution is -0.116. The maximum absolute atomic E-state index is 12.8. The van der Waals surface area contributed by atoms with Gasteiger partial charge in [0.2, 0.25) is 5.91 Å². The molecule has 0 radical (unpaired) electrons. The topological polar surface area (TPSA) is 111 Å². The average Bonchev–Trinajstić information content (AvgIpc) is 3.05. The molecule has 0 saturated carbocycles. The molecule has 0 aromatic heterocycles. The van der Waals surface area contributed by atoms with Crippen LogP contribution in [0.3, 0.4) is 0 Å². The number of hydrogen-bond donors (Lipinski definition) is 4. The fraction of sp³-hybridized carbons (Fsp3) is 0.444. The van der Waals surface area contributed by atoms with Crippen molar-refractivity contribution >= 4 is 34.6 Å². The van der Waals surface area contributed by atoms with E-state index in [9.17, 15) is 10.1 Å². The Hall–Kier alpha value is -3.97. The number of hydrogen-bond acceptors (Lipinski definition) is 8. The molecular weight excluding hydrogens is 600 g/mol. The van der Waals surface area contributed by atoms with E-state index in [-0.39, 0.29) is 23.9 Å². The standard InChI is InChI=1S/C36H45ClN6O3/c1-4-45-34-20-30-28(19-31(34)42-35(44)13-9-17-43(2)3)36(25(21-38)22-40-30)41-26-14-15-33(29(37)18-26)46-23-32-27(12-8-16-39-32)24-10-6-5-7-11-24/h5-7,10-11,14-15,18-20,25,27,32,36,39-41H,4,8-9,12-13,16-17,22-23H2,1-3H3,(H,42,44). The molecule has 4 atom stereocenters. The van der Waals surface area contributed by atoms with Gasteiger partial charge in [0.05, 0.1) is 35.3 Å². The van der Waals surface area contributed by atoms with Gasteiger partial charge in [-0.05, 0) is 83.2 Å². The van der Waals surface area contributed by atoms with Gasteiger partial charge in [-0.1, -0.05) is 41.9 Å². The number of rotatable bonds is 13. The van der Waals surface area contributed by atoms with E-state index in [1.807, 2.05) is 57.4 Å². The molecule has 2 heterocycles. The molecule has 2 aliphatic rings. The quantitative estimate of drug-likeness (QED) is 0.164. The Labute approximate surface area is 277 Å². The van der Waals surface area contributed by atoms with E-state index < -0.39 is 0 Å². The second-order valence-electron chi connectivity index (χ2n) is 12.2. The number of piperidine rings is 1. The molecule has 1 saturated heterocycles. The summed E-state index contributed by atoms with van der Waals surface area (Å²) in [5, 5.41) is 24.2. The molecule has 0 spiro atoms. The maximum Gasteiger partial charge on any atom is 0.224 e. The number of carbonyl (C=O) groups is 1. The number of amides is 1. The van der Waals surface area contributed by atoms with Gasteiger partial charge in [-0.2, -0.15) is 5.26 Å². The molecule has 10 heteroatoms. The fourth-order valence-corrected chi connectivity index (χ4v) is 6.53. The number of nitrogens with zero attached hydrogens (tertiary/aromatic N) is 2. The Morgan fingerprint density at radius 1 is 1.11 bits per heavy atom. The summed E-state index contributed by atoms with van der Waals surface area (Å²) >= 11 is 6.76. The van der Waals surface area contributed by atoms with Crippen molar-refractivity contribution in [1.82, 2.24) is 10.2 Å². The van der Waals surface area contributed by atoms with Crippen LogP contribution in [0.4, 0.5) is 17.1 Å². The van der Waals surface area contributed by atoms with Gasteiger partial charge < -0.3 is 35.6 Å². The van der Waals surface area contributed by atoms with E-state index in [0.29, 0.717) is 54.3 Å². The lowest BCUT2D eigenvalue weighted by Crippen LogP contribution is -2.44. The molecule has 1 fully saturated rings. The minimum absolute atomic E-state index is 0.0752. The summed E-state index contributed by atoms with van der Waals surface area (Å²) in [4.78, 5) is 14.9. The molecular formula is C36H45ClN6O3. The van der Waals surface area contributed by atoms with Gasteiger partial charge in [0.15, 0.2) is 0 Å². The van der Waals surface area contributed by atoms with Gasteiger partial charge in [-0.3, -0.25) is 4.79 Å². The molecule has 2 aliphatic heterocycles. The van der Waals surface area contributed by atoms with Crippen molar-refractivity contribution in [1.29, 1.82) is 5.26 Å². The molecule has 1 amide bonds. The summed E-state index contributed by atoms with van der Waals surface area (Å²) in [5.74, 6) is 1.16. The van der Waals surface area contributed by atoms with Crippen LogP contribution in [0.25, 0.3) is 0 Å². The van der Waals surface area contributed by atoms with Gasteiger partial charge in [0, 0.05) is 47.9 Å². The van der Waals surface area contributed by atoms with Crippen LogP contribution >= 0.6 is 11.6 Å². The summed E-state index contributed by atoms with van der Waals surface area (Å²) in [5.41, 5.74) is 4.42. The third-order valence-corrected chi connectivity index (χ3v) is 8.93. The molecule has 5 rings (SSSR count). The first-order chi connectivity index (χ1) is 22.4. The van der Waals surface area contributed by atoms with Gasteiger partial charge in [0.25, 0.3) is 0 Å². The first-order valence-electron chi connectivity index (χ1n) is 16.2. The zero-order valence-electron chi connectivity index (χ0n) is 26.9. The fourth-order valence-electron chi connectivity index (χ4n) is 6.30. The third kappa shape index (κ3) is 8.43. The highest BCUT2D eigenvalue weighted by Crippen LogP contribution is 2.42. The Morgan fingerprint density at radius 3 is 2.67 bits per heavy atom. The second-order valence-corrected chi connectivity index (χ2v) is 12.6. The molecule has 4 unspecified atom stereocenters. The highest BCUT2D eigenvalue weighted by Gasteiger charge is 2.32. The minimum atomic E-state index is -0.365. The predicted octanol–water partition coefficient (Wildman–Crippen LogP) is 6.65. The molecule has 3 aromatic carbocycles. The molecule has 0 aliphatic carbocycles. The van der Waals surface area contributed by atoms with Crippen molar-refractivity contribution in [2.75, 3.05) is 62.9 Å². The molecule has 244 valence electrons. The molecule has 4 N–H and O–H groups in total. The van der Waals surface area contributed by atoms with Gasteiger partial charge in [-0.15, -0.1) is 0 Å². The first kappa shape index (κ1) is 33.4. The average molecular weight is 645 g/mol. The summed E-state index contributed by atoms with van der Waals surface area (Å²) in [6.45, 7) is 5.15. The molecule has 3 aromatic rings. The molecule has 9 nitrogen and oxygen atoms in total. The number of halogens is 1. The van der Waals surface area contributed by atoms with Gasteiger partial charge >= 0.3 is 0 Å². The first-order valence-corrected chi connectivity index (χ1v) is 16.6. The number of anilines is 3. The van der Waals surface area contributed by atoms with Crippen LogP contribution in [0.2, 0.25) is 5.02 Å². The maximum atomic E-state index is 12.8. The number of nitrogens with one attached hydrogen (secondary N) is 4. The van der Waals surface area contributed by atoms with Crippen molar-refractivity contribution in [2.24, 2.45) is 5.92 Å². The van der Waals surface area contributed by atoms with Gasteiger partial charge in [0.1, 0.15) is 18.1 Å². The zero-order chi connectivity index (χ0) is 32.5. The third-order valence-electron chi connectivity index (χ3n) is 8.63. The van der Waals surface area contributed by atoms with Crippen molar-refractivity contribution < 1.29 is 14.3 Å². The van der Waals surface area contributed by atoms with E-state index in [1.54, 1.807) is 0 Å². The summed E-state index contributed by atoms with van der Waals surface area (Å²) in [7, 11) is 3.98. The second kappa shape index (κ2) is 16.0. The van der Waals surface area contributed by atoms with Crippen LogP contribution in [-0.2, 0) is 4.79 Å². The van der Waals surface area contributed by atoms with Crippen LogP contribution < -0.4 is 30.7 Å². The summed E-state index contributed by atoms with van der Waals surface area (Å²) in [6, 6.07) is 22.4. The monoisotopic (exact) mass is 644 g/mol.